The maximum absolute atomic E-state index is 12.5. The highest BCUT2D eigenvalue weighted by molar-refractivity contribution is 6.09. The minimum absolute atomic E-state index is 0.0188. The minimum atomic E-state index is -0.547. The zero-order chi connectivity index (χ0) is 19.5. The number of carbonyl (C=O) groups is 2. The van der Waals surface area contributed by atoms with Crippen LogP contribution in [0.5, 0.6) is 0 Å². The Bertz CT molecular complexity index is 716. The number of esters is 1. The second-order valence-electron chi connectivity index (χ2n) is 6.66. The van der Waals surface area contributed by atoms with E-state index in [0.717, 1.165) is 38.5 Å². The fourth-order valence-electron chi connectivity index (χ4n) is 2.97. The number of nitrogens with one attached hydrogen (secondary N) is 2. The maximum Gasteiger partial charge on any atom is 0.340 e. The van der Waals surface area contributed by atoms with Crippen molar-refractivity contribution in [2.45, 2.75) is 57.9 Å². The molecule has 1 aliphatic rings. The van der Waals surface area contributed by atoms with Gasteiger partial charge in [0.15, 0.2) is 0 Å². The molecule has 0 atom stereocenters. The Labute approximate surface area is 160 Å². The number of hydrogen-bond acceptors (Lipinski definition) is 5. The summed E-state index contributed by atoms with van der Waals surface area (Å²) in [4.78, 5) is 24.7. The van der Waals surface area contributed by atoms with Gasteiger partial charge in [0.1, 0.15) is 11.6 Å². The topological polar surface area (TPSA) is 91.2 Å². The number of para-hydroxylation sites is 1. The lowest BCUT2D eigenvalue weighted by Crippen LogP contribution is -2.28. The molecule has 27 heavy (non-hydrogen) atoms. The second-order valence-corrected chi connectivity index (χ2v) is 6.66. The van der Waals surface area contributed by atoms with Gasteiger partial charge in [0.25, 0.3) is 5.91 Å². The summed E-state index contributed by atoms with van der Waals surface area (Å²) < 4.78 is 5.22. The van der Waals surface area contributed by atoms with Gasteiger partial charge in [-0.3, -0.25) is 4.79 Å². The summed E-state index contributed by atoms with van der Waals surface area (Å²) in [6.07, 6.45) is 8.84. The van der Waals surface area contributed by atoms with Crippen LogP contribution in [0, 0.1) is 11.3 Å². The predicted octanol–water partition coefficient (Wildman–Crippen LogP) is 3.91. The van der Waals surface area contributed by atoms with E-state index >= 15 is 0 Å². The predicted molar refractivity (Wildman–Crippen MR) is 104 cm³/mol. The number of anilines is 1. The van der Waals surface area contributed by atoms with Crippen LogP contribution in [0.15, 0.2) is 36.0 Å². The van der Waals surface area contributed by atoms with E-state index < -0.39 is 11.9 Å². The van der Waals surface area contributed by atoms with Crippen LogP contribution >= 0.6 is 0 Å². The normalized spacial score (nSPS) is 14.9. The highest BCUT2D eigenvalue weighted by Gasteiger charge is 2.17. The number of nitriles is 1. The third-order valence-electron chi connectivity index (χ3n) is 4.56. The summed E-state index contributed by atoms with van der Waals surface area (Å²) in [5.41, 5.74) is 0.594. The quantitative estimate of drug-likeness (QED) is 0.314. The lowest BCUT2D eigenvalue weighted by atomic mass is 9.96. The van der Waals surface area contributed by atoms with Crippen LogP contribution in [0.1, 0.15) is 62.2 Å². The van der Waals surface area contributed by atoms with Gasteiger partial charge < -0.3 is 15.4 Å². The molecule has 1 aromatic carbocycles. The SMILES string of the molecule is CCCCOC(=O)c1ccccc1NC(=O)/C(C#N)=C\NC1CCCCC1. The Morgan fingerprint density at radius 3 is 2.70 bits per heavy atom. The van der Waals surface area contributed by atoms with E-state index in [9.17, 15) is 14.9 Å². The number of nitrogens with zero attached hydrogens (tertiary/aromatic N) is 1. The molecule has 1 aromatic rings. The van der Waals surface area contributed by atoms with Crippen LogP contribution in [0.25, 0.3) is 0 Å². The second kappa shape index (κ2) is 11.0. The molecule has 144 valence electrons. The number of hydrogen-bond donors (Lipinski definition) is 2. The molecule has 6 heteroatoms. The summed E-state index contributed by atoms with van der Waals surface area (Å²) in [6, 6.07) is 8.87. The molecule has 0 heterocycles. The van der Waals surface area contributed by atoms with Gasteiger partial charge in [0.05, 0.1) is 17.9 Å². The van der Waals surface area contributed by atoms with Crippen LogP contribution in [0.2, 0.25) is 0 Å². The van der Waals surface area contributed by atoms with Gasteiger partial charge in [-0.2, -0.15) is 5.26 Å². The fourth-order valence-corrected chi connectivity index (χ4v) is 2.97. The average Bonchev–Trinajstić information content (AvgIpc) is 2.70. The van der Waals surface area contributed by atoms with Gasteiger partial charge in [-0.05, 0) is 31.4 Å². The van der Waals surface area contributed by atoms with E-state index in [4.69, 9.17) is 4.74 Å². The molecule has 0 unspecified atom stereocenters. The van der Waals surface area contributed by atoms with Crippen LogP contribution in [0.4, 0.5) is 5.69 Å². The van der Waals surface area contributed by atoms with Crippen molar-refractivity contribution in [1.82, 2.24) is 5.32 Å². The standard InChI is InChI=1S/C21H27N3O3/c1-2-3-13-27-21(26)18-11-7-8-12-19(18)24-20(25)16(14-22)15-23-17-9-5-4-6-10-17/h7-8,11-12,15,17,23H,2-6,9-10,13H2,1H3,(H,24,25)/b16-15-. The minimum Gasteiger partial charge on any atom is -0.462 e. The molecule has 1 fully saturated rings. The number of benzene rings is 1. The monoisotopic (exact) mass is 369 g/mol. The number of carbonyl (C=O) groups excluding carboxylic acids is 2. The molecule has 0 aromatic heterocycles. The van der Waals surface area contributed by atoms with E-state index in [1.807, 2.05) is 13.0 Å². The van der Waals surface area contributed by atoms with Crippen molar-refractivity contribution in [1.29, 1.82) is 5.26 Å². The summed E-state index contributed by atoms with van der Waals surface area (Å²) in [5, 5.41) is 15.1. The molecular formula is C21H27N3O3. The third kappa shape index (κ3) is 6.45. The van der Waals surface area contributed by atoms with Gasteiger partial charge in [-0.25, -0.2) is 4.79 Å². The van der Waals surface area contributed by atoms with Crippen LogP contribution in [-0.4, -0.2) is 24.5 Å². The lowest BCUT2D eigenvalue weighted by Gasteiger charge is -2.21. The van der Waals surface area contributed by atoms with Gasteiger partial charge in [0.2, 0.25) is 0 Å². The molecule has 1 aliphatic carbocycles. The summed E-state index contributed by atoms with van der Waals surface area (Å²) in [7, 11) is 0. The smallest absolute Gasteiger partial charge is 0.340 e. The van der Waals surface area contributed by atoms with Crippen molar-refractivity contribution < 1.29 is 14.3 Å². The summed E-state index contributed by atoms with van der Waals surface area (Å²) in [5.74, 6) is -1.03. The molecule has 0 aliphatic heterocycles. The molecule has 1 amide bonds. The first kappa shape index (κ1) is 20.5. The third-order valence-corrected chi connectivity index (χ3v) is 4.56. The molecule has 2 rings (SSSR count). The molecule has 0 radical (unpaired) electrons. The molecule has 0 saturated heterocycles. The van der Waals surface area contributed by atoms with Gasteiger partial charge in [-0.15, -0.1) is 0 Å². The molecule has 1 saturated carbocycles. The Hall–Kier alpha value is -2.81. The Morgan fingerprint density at radius 1 is 1.26 bits per heavy atom. The first-order valence-corrected chi connectivity index (χ1v) is 9.59. The molecule has 6 nitrogen and oxygen atoms in total. The van der Waals surface area contributed by atoms with Crippen LogP contribution in [0.3, 0.4) is 0 Å². The molecule has 2 N–H and O–H groups in total. The first-order valence-electron chi connectivity index (χ1n) is 9.59. The van der Waals surface area contributed by atoms with Gasteiger partial charge in [-0.1, -0.05) is 44.7 Å². The highest BCUT2D eigenvalue weighted by atomic mass is 16.5. The number of ether oxygens (including phenoxy) is 1. The van der Waals surface area contributed by atoms with Crippen molar-refractivity contribution in [3.8, 4) is 6.07 Å². The number of rotatable bonds is 8. The van der Waals surface area contributed by atoms with E-state index in [1.165, 1.54) is 12.6 Å². The maximum atomic E-state index is 12.5. The summed E-state index contributed by atoms with van der Waals surface area (Å²) in [6.45, 7) is 2.35. The highest BCUT2D eigenvalue weighted by Crippen LogP contribution is 2.19. The van der Waals surface area contributed by atoms with Crippen molar-refractivity contribution in [3.63, 3.8) is 0 Å². The van der Waals surface area contributed by atoms with Crippen LogP contribution < -0.4 is 10.6 Å². The van der Waals surface area contributed by atoms with E-state index in [-0.39, 0.29) is 11.1 Å². The van der Waals surface area contributed by atoms with E-state index in [1.54, 1.807) is 24.3 Å². The van der Waals surface area contributed by atoms with Crippen LogP contribution in [-0.2, 0) is 9.53 Å². The largest absolute Gasteiger partial charge is 0.462 e. The van der Waals surface area contributed by atoms with E-state index in [2.05, 4.69) is 10.6 Å². The Morgan fingerprint density at radius 2 is 2.00 bits per heavy atom. The van der Waals surface area contributed by atoms with Gasteiger partial charge in [0, 0.05) is 12.2 Å². The van der Waals surface area contributed by atoms with Crippen molar-refractivity contribution in [2.75, 3.05) is 11.9 Å². The van der Waals surface area contributed by atoms with Crippen molar-refractivity contribution >= 4 is 17.6 Å². The average molecular weight is 369 g/mol. The number of unbranched alkanes of at least 4 members (excludes halogenated alkanes) is 1. The Balaban J connectivity index is 2.03. The molecule has 0 bridgehead atoms. The molecular weight excluding hydrogens is 342 g/mol. The number of amides is 1. The first-order chi connectivity index (χ1) is 13.2. The van der Waals surface area contributed by atoms with Crippen molar-refractivity contribution in [3.05, 3.63) is 41.6 Å². The van der Waals surface area contributed by atoms with E-state index in [0.29, 0.717) is 18.3 Å². The molecule has 0 spiro atoms. The zero-order valence-electron chi connectivity index (χ0n) is 15.8. The Kier molecular flexibility index (Phi) is 8.37. The zero-order valence-corrected chi connectivity index (χ0v) is 15.8. The van der Waals surface area contributed by atoms with Gasteiger partial charge >= 0.3 is 5.97 Å². The fraction of sp³-hybridized carbons (Fsp3) is 0.476. The summed E-state index contributed by atoms with van der Waals surface area (Å²) >= 11 is 0. The lowest BCUT2D eigenvalue weighted by molar-refractivity contribution is -0.112. The van der Waals surface area contributed by atoms with Crippen molar-refractivity contribution in [2.24, 2.45) is 0 Å².